The van der Waals surface area contributed by atoms with Crippen LogP contribution in [0.4, 0.5) is 17.2 Å². The van der Waals surface area contributed by atoms with Crippen LogP contribution in [0.3, 0.4) is 0 Å². The first-order valence-corrected chi connectivity index (χ1v) is 7.55. The molecule has 0 saturated carbocycles. The van der Waals surface area contributed by atoms with Crippen molar-refractivity contribution < 1.29 is 23.9 Å². The van der Waals surface area contributed by atoms with Gasteiger partial charge in [0.1, 0.15) is 0 Å². The van der Waals surface area contributed by atoms with Crippen molar-refractivity contribution in [3.8, 4) is 11.9 Å². The van der Waals surface area contributed by atoms with Gasteiger partial charge < -0.3 is 19.1 Å². The fraction of sp³-hybridized carbons (Fsp3) is 0.312. The summed E-state index contributed by atoms with van der Waals surface area (Å²) in [6.45, 7) is 0.0981. The second kappa shape index (κ2) is 8.60. The predicted molar refractivity (Wildman–Crippen MR) is 91.9 cm³/mol. The van der Waals surface area contributed by atoms with Crippen LogP contribution in [0, 0.1) is 10.1 Å². The Labute approximate surface area is 149 Å². The van der Waals surface area contributed by atoms with Crippen LogP contribution in [0.15, 0.2) is 30.3 Å². The summed E-state index contributed by atoms with van der Waals surface area (Å²) in [6.07, 6.45) is -0.00280. The molecule has 0 fully saturated rings. The summed E-state index contributed by atoms with van der Waals surface area (Å²) in [6, 6.07) is 8.72. The Balaban J connectivity index is 2.62. The van der Waals surface area contributed by atoms with Gasteiger partial charge in [-0.1, -0.05) is 18.2 Å². The molecule has 0 unspecified atom stereocenters. The van der Waals surface area contributed by atoms with Gasteiger partial charge >= 0.3 is 23.5 Å². The maximum Gasteiger partial charge on any atom is 0.373 e. The molecule has 1 aromatic carbocycles. The molecule has 0 spiro atoms. The highest BCUT2D eigenvalue weighted by atomic mass is 16.6. The summed E-state index contributed by atoms with van der Waals surface area (Å²) in [5.74, 6) is -0.744. The Morgan fingerprint density at radius 3 is 2.38 bits per heavy atom. The second-order valence-electron chi connectivity index (χ2n) is 4.96. The smallest absolute Gasteiger partial charge is 0.373 e. The van der Waals surface area contributed by atoms with Gasteiger partial charge in [0.25, 0.3) is 0 Å². The highest BCUT2D eigenvalue weighted by Crippen LogP contribution is 2.39. The first kappa shape index (κ1) is 18.9. The van der Waals surface area contributed by atoms with E-state index < -0.39 is 16.6 Å². The maximum atomic E-state index is 11.6. The highest BCUT2D eigenvalue weighted by Gasteiger charge is 2.31. The lowest BCUT2D eigenvalue weighted by Gasteiger charge is -2.23. The van der Waals surface area contributed by atoms with Crippen molar-refractivity contribution >= 4 is 23.2 Å². The topological polar surface area (TPSA) is 117 Å². The first-order valence-electron chi connectivity index (χ1n) is 7.55. The van der Waals surface area contributed by atoms with Gasteiger partial charge in [-0.05, 0) is 12.1 Å². The van der Waals surface area contributed by atoms with E-state index in [9.17, 15) is 14.9 Å². The Morgan fingerprint density at radius 2 is 1.85 bits per heavy atom. The first-order chi connectivity index (χ1) is 12.5. The molecule has 1 heterocycles. The number of hydrogen-bond donors (Lipinski definition) is 0. The van der Waals surface area contributed by atoms with E-state index in [1.165, 1.54) is 26.2 Å². The molecule has 2 aromatic rings. The van der Waals surface area contributed by atoms with Crippen LogP contribution < -0.4 is 14.4 Å². The zero-order valence-electron chi connectivity index (χ0n) is 14.5. The molecule has 0 aliphatic rings. The second-order valence-corrected chi connectivity index (χ2v) is 4.96. The number of ether oxygens (including phenoxy) is 3. The summed E-state index contributed by atoms with van der Waals surface area (Å²) >= 11 is 0. The average Bonchev–Trinajstić information content (AvgIpc) is 2.67. The molecule has 10 heteroatoms. The lowest BCUT2D eigenvalue weighted by molar-refractivity contribution is -0.385. The summed E-state index contributed by atoms with van der Waals surface area (Å²) < 4.78 is 14.7. The van der Waals surface area contributed by atoms with Gasteiger partial charge in [-0.15, -0.1) is 0 Å². The minimum Gasteiger partial charge on any atom is -0.476 e. The maximum absolute atomic E-state index is 11.6. The molecule has 26 heavy (non-hydrogen) atoms. The number of nitrogens with zero attached hydrogens (tertiary/aromatic N) is 4. The number of aromatic nitrogens is 2. The molecule has 1 aromatic heterocycles. The molecule has 0 amide bonds. The van der Waals surface area contributed by atoms with Gasteiger partial charge in [0.2, 0.25) is 5.82 Å². The third-order valence-electron chi connectivity index (χ3n) is 3.46. The molecule has 2 rings (SSSR count). The van der Waals surface area contributed by atoms with Crippen LogP contribution in [0.25, 0.3) is 0 Å². The molecule has 0 saturated heterocycles. The monoisotopic (exact) mass is 362 g/mol. The number of rotatable bonds is 8. The highest BCUT2D eigenvalue weighted by molar-refractivity contribution is 5.74. The van der Waals surface area contributed by atoms with Crippen molar-refractivity contribution in [2.45, 2.75) is 6.42 Å². The number of carbonyl (C=O) groups is 1. The fourth-order valence-electron chi connectivity index (χ4n) is 2.26. The number of methoxy groups -OCH3 is 3. The molecular weight excluding hydrogens is 344 g/mol. The summed E-state index contributed by atoms with van der Waals surface area (Å²) in [5, 5.41) is 11.6. The molecule has 0 aliphatic heterocycles. The molecular formula is C16H18N4O6. The number of anilines is 2. The van der Waals surface area contributed by atoms with Crippen LogP contribution in [0.5, 0.6) is 11.9 Å². The van der Waals surface area contributed by atoms with E-state index in [2.05, 4.69) is 14.7 Å². The summed E-state index contributed by atoms with van der Waals surface area (Å²) in [7, 11) is 3.87. The van der Waals surface area contributed by atoms with Crippen molar-refractivity contribution in [2.75, 3.05) is 32.8 Å². The largest absolute Gasteiger partial charge is 0.476 e. The zero-order valence-corrected chi connectivity index (χ0v) is 14.5. The fourth-order valence-corrected chi connectivity index (χ4v) is 2.26. The van der Waals surface area contributed by atoms with Gasteiger partial charge in [-0.3, -0.25) is 14.9 Å². The number of nitro groups is 1. The average molecular weight is 362 g/mol. The van der Waals surface area contributed by atoms with Gasteiger partial charge in [0, 0.05) is 12.2 Å². The van der Waals surface area contributed by atoms with Crippen molar-refractivity contribution in [3.63, 3.8) is 0 Å². The molecule has 0 bridgehead atoms. The van der Waals surface area contributed by atoms with Gasteiger partial charge in [-0.25, -0.2) is 0 Å². The minimum absolute atomic E-state index is 0.00280. The number of benzene rings is 1. The van der Waals surface area contributed by atoms with Crippen LogP contribution in [0.1, 0.15) is 6.42 Å². The van der Waals surface area contributed by atoms with E-state index >= 15 is 0 Å². The zero-order chi connectivity index (χ0) is 19.1. The van der Waals surface area contributed by atoms with Gasteiger partial charge in [0.05, 0.1) is 32.7 Å². The number of esters is 1. The molecule has 138 valence electrons. The molecule has 0 aliphatic carbocycles. The van der Waals surface area contributed by atoms with E-state index in [1.54, 1.807) is 30.3 Å². The third kappa shape index (κ3) is 4.15. The van der Waals surface area contributed by atoms with Gasteiger partial charge in [0.15, 0.2) is 0 Å². The standard InChI is InChI=1S/C16H18N4O6/c1-24-12(21)9-10-19(11-7-5-4-6-8-11)14-13(20(22)23)15(25-2)18-16(17-14)26-3/h4-8H,9-10H2,1-3H3. The molecule has 0 radical (unpaired) electrons. The van der Waals surface area contributed by atoms with Crippen molar-refractivity contribution in [1.29, 1.82) is 0 Å². The Kier molecular flexibility index (Phi) is 6.25. The Bertz CT molecular complexity index is 784. The summed E-state index contributed by atoms with van der Waals surface area (Å²) in [4.78, 5) is 32.1. The molecule has 0 N–H and O–H groups in total. The number of para-hydroxylation sites is 1. The Hall–Kier alpha value is -3.43. The van der Waals surface area contributed by atoms with Crippen LogP contribution in [0.2, 0.25) is 0 Å². The predicted octanol–water partition coefficient (Wildman–Crippen LogP) is 2.10. The van der Waals surface area contributed by atoms with Gasteiger partial charge in [-0.2, -0.15) is 9.97 Å². The van der Waals surface area contributed by atoms with E-state index in [4.69, 9.17) is 9.47 Å². The van der Waals surface area contributed by atoms with E-state index in [-0.39, 0.29) is 30.7 Å². The van der Waals surface area contributed by atoms with Crippen molar-refractivity contribution in [3.05, 3.63) is 40.4 Å². The van der Waals surface area contributed by atoms with Crippen LogP contribution >= 0.6 is 0 Å². The van der Waals surface area contributed by atoms with Crippen molar-refractivity contribution in [2.24, 2.45) is 0 Å². The quantitative estimate of drug-likeness (QED) is 0.395. The third-order valence-corrected chi connectivity index (χ3v) is 3.46. The SMILES string of the molecule is COC(=O)CCN(c1ccccc1)c1nc(OC)nc(OC)c1[N+](=O)[O-]. The van der Waals surface area contributed by atoms with Crippen LogP contribution in [-0.4, -0.2) is 48.7 Å². The lowest BCUT2D eigenvalue weighted by Crippen LogP contribution is -2.24. The minimum atomic E-state index is -0.637. The van der Waals surface area contributed by atoms with E-state index in [0.717, 1.165) is 0 Å². The van der Waals surface area contributed by atoms with Crippen molar-refractivity contribution in [1.82, 2.24) is 9.97 Å². The molecule has 0 atom stereocenters. The molecule has 10 nitrogen and oxygen atoms in total. The lowest BCUT2D eigenvalue weighted by atomic mass is 10.2. The number of hydrogen-bond acceptors (Lipinski definition) is 9. The Morgan fingerprint density at radius 1 is 1.15 bits per heavy atom. The number of carbonyl (C=O) groups excluding carboxylic acids is 1. The van der Waals surface area contributed by atoms with E-state index in [0.29, 0.717) is 5.69 Å². The normalized spacial score (nSPS) is 10.1. The van der Waals surface area contributed by atoms with E-state index in [1.807, 2.05) is 0 Å². The van der Waals surface area contributed by atoms with Crippen LogP contribution in [-0.2, 0) is 9.53 Å². The summed E-state index contributed by atoms with van der Waals surface area (Å²) in [5.41, 5.74) is 0.171.